The highest BCUT2D eigenvalue weighted by Crippen LogP contribution is 2.26. The molecule has 2 heterocycles. The molecule has 1 aliphatic rings. The van der Waals surface area contributed by atoms with Gasteiger partial charge in [-0.15, -0.1) is 11.3 Å². The van der Waals surface area contributed by atoms with Crippen LogP contribution in [0.5, 0.6) is 0 Å². The summed E-state index contributed by atoms with van der Waals surface area (Å²) in [4.78, 5) is 0. The number of thiophene rings is 1. The van der Waals surface area contributed by atoms with Gasteiger partial charge in [0, 0.05) is 35.1 Å². The molecule has 0 bridgehead atoms. The fraction of sp³-hybridized carbons (Fsp3) is 0.636. The van der Waals surface area contributed by atoms with Crippen LogP contribution in [-0.2, 0) is 0 Å². The molecule has 1 aromatic heterocycles. The van der Waals surface area contributed by atoms with Crippen molar-refractivity contribution in [2.24, 2.45) is 0 Å². The SMILES string of the molecule is CC(NCC1CSCCS1)c1csc(Cl)c1. The molecule has 0 radical (unpaired) electrons. The Balaban J connectivity index is 1.76. The molecule has 1 aliphatic heterocycles. The Hall–Kier alpha value is 0.650. The van der Waals surface area contributed by atoms with Gasteiger partial charge in [0.2, 0.25) is 0 Å². The molecule has 90 valence electrons. The summed E-state index contributed by atoms with van der Waals surface area (Å²) < 4.78 is 0.881. The van der Waals surface area contributed by atoms with Crippen LogP contribution in [-0.4, -0.2) is 29.1 Å². The number of rotatable bonds is 4. The summed E-state index contributed by atoms with van der Waals surface area (Å²) in [6.07, 6.45) is 0. The lowest BCUT2D eigenvalue weighted by Gasteiger charge is -2.23. The lowest BCUT2D eigenvalue weighted by Crippen LogP contribution is -2.30. The normalized spacial score (nSPS) is 23.2. The highest BCUT2D eigenvalue weighted by molar-refractivity contribution is 8.06. The van der Waals surface area contributed by atoms with E-state index >= 15 is 0 Å². The molecular formula is C11H16ClNS3. The topological polar surface area (TPSA) is 12.0 Å². The molecular weight excluding hydrogens is 278 g/mol. The highest BCUT2D eigenvalue weighted by atomic mass is 35.5. The van der Waals surface area contributed by atoms with E-state index in [1.54, 1.807) is 11.3 Å². The fourth-order valence-corrected chi connectivity index (χ4v) is 5.24. The molecule has 0 spiro atoms. The molecule has 1 fully saturated rings. The Morgan fingerprint density at radius 1 is 1.56 bits per heavy atom. The van der Waals surface area contributed by atoms with Crippen LogP contribution in [0.25, 0.3) is 0 Å². The first kappa shape index (κ1) is 13.1. The van der Waals surface area contributed by atoms with E-state index in [1.165, 1.54) is 22.8 Å². The summed E-state index contributed by atoms with van der Waals surface area (Å²) >= 11 is 11.7. The monoisotopic (exact) mass is 293 g/mol. The average Bonchev–Trinajstić information content (AvgIpc) is 2.74. The van der Waals surface area contributed by atoms with Crippen LogP contribution < -0.4 is 5.32 Å². The first-order valence-electron chi connectivity index (χ1n) is 5.42. The Labute approximate surface area is 115 Å². The van der Waals surface area contributed by atoms with Crippen molar-refractivity contribution in [3.8, 4) is 0 Å². The van der Waals surface area contributed by atoms with Crippen molar-refractivity contribution in [2.45, 2.75) is 18.2 Å². The minimum absolute atomic E-state index is 0.413. The molecule has 0 aromatic carbocycles. The van der Waals surface area contributed by atoms with Gasteiger partial charge in [0.15, 0.2) is 0 Å². The molecule has 1 saturated heterocycles. The zero-order valence-corrected chi connectivity index (χ0v) is 12.4. The second kappa shape index (κ2) is 6.55. The maximum absolute atomic E-state index is 5.94. The molecule has 0 aliphatic carbocycles. The van der Waals surface area contributed by atoms with Crippen LogP contribution in [0.4, 0.5) is 0 Å². The minimum atomic E-state index is 0.413. The lowest BCUT2D eigenvalue weighted by atomic mass is 10.2. The van der Waals surface area contributed by atoms with Gasteiger partial charge >= 0.3 is 0 Å². The van der Waals surface area contributed by atoms with Crippen LogP contribution in [0.2, 0.25) is 4.34 Å². The van der Waals surface area contributed by atoms with E-state index in [1.807, 2.05) is 0 Å². The molecule has 1 aromatic rings. The lowest BCUT2D eigenvalue weighted by molar-refractivity contribution is 0.578. The van der Waals surface area contributed by atoms with Gasteiger partial charge < -0.3 is 5.32 Å². The predicted octanol–water partition coefficient (Wildman–Crippen LogP) is 3.90. The molecule has 0 saturated carbocycles. The Kier molecular flexibility index (Phi) is 5.36. The van der Waals surface area contributed by atoms with E-state index in [0.29, 0.717) is 6.04 Å². The van der Waals surface area contributed by atoms with Gasteiger partial charge in [-0.2, -0.15) is 23.5 Å². The molecule has 1 N–H and O–H groups in total. The maximum Gasteiger partial charge on any atom is 0.0931 e. The predicted molar refractivity (Wildman–Crippen MR) is 79.3 cm³/mol. The van der Waals surface area contributed by atoms with E-state index in [2.05, 4.69) is 47.2 Å². The van der Waals surface area contributed by atoms with Crippen LogP contribution in [0.3, 0.4) is 0 Å². The maximum atomic E-state index is 5.94. The van der Waals surface area contributed by atoms with Crippen molar-refractivity contribution < 1.29 is 0 Å². The van der Waals surface area contributed by atoms with E-state index < -0.39 is 0 Å². The van der Waals surface area contributed by atoms with Gasteiger partial charge in [-0.25, -0.2) is 0 Å². The third-order valence-corrected chi connectivity index (χ3v) is 6.58. The van der Waals surface area contributed by atoms with Crippen molar-refractivity contribution in [2.75, 3.05) is 23.8 Å². The van der Waals surface area contributed by atoms with Gasteiger partial charge in [-0.05, 0) is 23.9 Å². The van der Waals surface area contributed by atoms with Gasteiger partial charge in [0.05, 0.1) is 4.34 Å². The smallest absolute Gasteiger partial charge is 0.0931 e. The molecule has 2 rings (SSSR count). The van der Waals surface area contributed by atoms with Gasteiger partial charge in [-0.1, -0.05) is 11.6 Å². The summed E-state index contributed by atoms with van der Waals surface area (Å²) in [7, 11) is 0. The number of nitrogens with one attached hydrogen (secondary N) is 1. The average molecular weight is 294 g/mol. The van der Waals surface area contributed by atoms with Crippen LogP contribution in [0.1, 0.15) is 18.5 Å². The second-order valence-corrected chi connectivity index (χ2v) is 7.98. The Morgan fingerprint density at radius 2 is 2.44 bits per heavy atom. The second-order valence-electron chi connectivity index (χ2n) is 3.88. The van der Waals surface area contributed by atoms with Crippen molar-refractivity contribution in [1.29, 1.82) is 0 Å². The summed E-state index contributed by atoms with van der Waals surface area (Å²) in [5, 5.41) is 6.51. The van der Waals surface area contributed by atoms with Gasteiger partial charge in [0.25, 0.3) is 0 Å². The third kappa shape index (κ3) is 3.84. The summed E-state index contributed by atoms with van der Waals surface area (Å²) in [6, 6.07) is 2.48. The van der Waals surface area contributed by atoms with E-state index in [0.717, 1.165) is 16.1 Å². The summed E-state index contributed by atoms with van der Waals surface area (Å²) in [6.45, 7) is 3.31. The minimum Gasteiger partial charge on any atom is -0.309 e. The first-order valence-corrected chi connectivity index (χ1v) is 8.88. The summed E-state index contributed by atoms with van der Waals surface area (Å²) in [5.41, 5.74) is 1.31. The fourth-order valence-electron chi connectivity index (χ4n) is 1.63. The Morgan fingerprint density at radius 3 is 3.06 bits per heavy atom. The number of halogens is 1. The number of hydrogen-bond donors (Lipinski definition) is 1. The third-order valence-electron chi connectivity index (χ3n) is 2.62. The zero-order valence-electron chi connectivity index (χ0n) is 9.24. The molecule has 0 amide bonds. The van der Waals surface area contributed by atoms with Crippen molar-refractivity contribution in [3.63, 3.8) is 0 Å². The highest BCUT2D eigenvalue weighted by Gasteiger charge is 2.15. The van der Waals surface area contributed by atoms with Crippen molar-refractivity contribution in [3.05, 3.63) is 21.3 Å². The van der Waals surface area contributed by atoms with E-state index in [4.69, 9.17) is 11.6 Å². The molecule has 2 atom stereocenters. The largest absolute Gasteiger partial charge is 0.309 e. The number of thioether (sulfide) groups is 2. The number of hydrogen-bond acceptors (Lipinski definition) is 4. The molecule has 1 nitrogen and oxygen atoms in total. The first-order chi connectivity index (χ1) is 7.75. The van der Waals surface area contributed by atoms with E-state index in [9.17, 15) is 0 Å². The molecule has 16 heavy (non-hydrogen) atoms. The standard InChI is InChI=1S/C11H16ClNS3/c1-8(9-4-11(12)16-6-9)13-5-10-7-14-2-3-15-10/h4,6,8,10,13H,2-3,5,7H2,1H3. The van der Waals surface area contributed by atoms with E-state index in [-0.39, 0.29) is 0 Å². The van der Waals surface area contributed by atoms with Crippen molar-refractivity contribution in [1.82, 2.24) is 5.32 Å². The molecule has 5 heteroatoms. The summed E-state index contributed by atoms with van der Waals surface area (Å²) in [5.74, 6) is 3.90. The van der Waals surface area contributed by atoms with Crippen LogP contribution in [0.15, 0.2) is 11.4 Å². The van der Waals surface area contributed by atoms with Crippen LogP contribution >= 0.6 is 46.5 Å². The van der Waals surface area contributed by atoms with Crippen molar-refractivity contribution >= 4 is 46.5 Å². The Bertz CT molecular complexity index is 323. The zero-order chi connectivity index (χ0) is 11.4. The molecule has 2 unspecified atom stereocenters. The van der Waals surface area contributed by atoms with Gasteiger partial charge in [0.1, 0.15) is 0 Å². The quantitative estimate of drug-likeness (QED) is 0.904. The van der Waals surface area contributed by atoms with Crippen LogP contribution in [0, 0.1) is 0 Å². The van der Waals surface area contributed by atoms with Gasteiger partial charge in [-0.3, -0.25) is 0 Å².